The van der Waals surface area contributed by atoms with Gasteiger partial charge in [-0.2, -0.15) is 4.31 Å². The Balaban J connectivity index is 2.17. The summed E-state index contributed by atoms with van der Waals surface area (Å²) >= 11 is 5.97. The smallest absolute Gasteiger partial charge is 0.268 e. The molecule has 0 saturated heterocycles. The first kappa shape index (κ1) is 18.2. The van der Waals surface area contributed by atoms with E-state index in [4.69, 9.17) is 11.6 Å². The molecule has 0 fully saturated rings. The number of rotatable bonds is 4. The molecule has 6 heteroatoms. The van der Waals surface area contributed by atoms with Crippen molar-refractivity contribution in [2.45, 2.75) is 11.8 Å². The van der Waals surface area contributed by atoms with Crippen LogP contribution in [0.1, 0.15) is 15.9 Å². The van der Waals surface area contributed by atoms with E-state index in [2.05, 4.69) is 0 Å². The van der Waals surface area contributed by atoms with E-state index in [-0.39, 0.29) is 16.1 Å². The minimum absolute atomic E-state index is 0.0379. The van der Waals surface area contributed by atoms with Gasteiger partial charge in [-0.25, -0.2) is 8.42 Å². The van der Waals surface area contributed by atoms with E-state index in [1.807, 2.05) is 6.92 Å². The number of hydrogen-bond acceptors (Lipinski definition) is 3. The van der Waals surface area contributed by atoms with Gasteiger partial charge in [0.05, 0.1) is 10.6 Å². The van der Waals surface area contributed by atoms with Gasteiger partial charge in [0.1, 0.15) is 0 Å². The lowest BCUT2D eigenvalue weighted by atomic mass is 10.2. The number of halogens is 1. The first-order chi connectivity index (χ1) is 12.4. The van der Waals surface area contributed by atoms with Gasteiger partial charge in [0.15, 0.2) is 0 Å². The van der Waals surface area contributed by atoms with Crippen molar-refractivity contribution in [3.05, 3.63) is 95.0 Å². The summed E-state index contributed by atoms with van der Waals surface area (Å²) in [5.74, 6) is -0.666. The Morgan fingerprint density at radius 1 is 0.885 bits per heavy atom. The second kappa shape index (κ2) is 7.32. The maximum absolute atomic E-state index is 13.2. The van der Waals surface area contributed by atoms with Crippen LogP contribution in [0.4, 0.5) is 5.69 Å². The van der Waals surface area contributed by atoms with Crippen LogP contribution in [0, 0.1) is 6.92 Å². The molecule has 0 aliphatic rings. The van der Waals surface area contributed by atoms with E-state index < -0.39 is 15.9 Å². The zero-order chi connectivity index (χ0) is 18.7. The van der Waals surface area contributed by atoms with E-state index in [0.29, 0.717) is 5.02 Å². The van der Waals surface area contributed by atoms with E-state index in [9.17, 15) is 13.2 Å². The van der Waals surface area contributed by atoms with Crippen LogP contribution >= 0.6 is 11.6 Å². The molecule has 0 aliphatic heterocycles. The molecule has 3 aromatic carbocycles. The van der Waals surface area contributed by atoms with Gasteiger partial charge in [-0.3, -0.25) is 4.79 Å². The van der Waals surface area contributed by atoms with Gasteiger partial charge in [-0.1, -0.05) is 53.6 Å². The predicted octanol–water partition coefficient (Wildman–Crippen LogP) is 4.68. The van der Waals surface area contributed by atoms with Crippen LogP contribution in [0.25, 0.3) is 0 Å². The van der Waals surface area contributed by atoms with E-state index in [0.717, 1.165) is 9.87 Å². The summed E-state index contributed by atoms with van der Waals surface area (Å²) in [5.41, 5.74) is 1.42. The van der Waals surface area contributed by atoms with Gasteiger partial charge in [-0.05, 0) is 49.4 Å². The van der Waals surface area contributed by atoms with Crippen molar-refractivity contribution in [3.8, 4) is 0 Å². The summed E-state index contributed by atoms with van der Waals surface area (Å²) in [4.78, 5) is 13.1. The first-order valence-electron chi connectivity index (χ1n) is 7.86. The molecule has 4 nitrogen and oxygen atoms in total. The van der Waals surface area contributed by atoms with Crippen LogP contribution in [-0.4, -0.2) is 14.3 Å². The third-order valence-electron chi connectivity index (χ3n) is 3.81. The molecule has 3 aromatic rings. The van der Waals surface area contributed by atoms with Crippen LogP contribution in [0.2, 0.25) is 5.02 Å². The van der Waals surface area contributed by atoms with Crippen molar-refractivity contribution in [2.75, 3.05) is 4.31 Å². The molecular formula is C20H16ClNO3S. The fraction of sp³-hybridized carbons (Fsp3) is 0.0500. The van der Waals surface area contributed by atoms with Crippen LogP contribution in [0.5, 0.6) is 0 Å². The number of nitrogens with zero attached hydrogens (tertiary/aromatic N) is 1. The molecule has 0 saturated carbocycles. The molecule has 3 rings (SSSR count). The maximum atomic E-state index is 13.2. The molecule has 0 radical (unpaired) electrons. The second-order valence-electron chi connectivity index (χ2n) is 5.73. The van der Waals surface area contributed by atoms with Gasteiger partial charge in [0.25, 0.3) is 15.9 Å². The zero-order valence-electron chi connectivity index (χ0n) is 14.0. The molecule has 0 atom stereocenters. The summed E-state index contributed by atoms with van der Waals surface area (Å²) in [7, 11) is -4.09. The lowest BCUT2D eigenvalue weighted by molar-refractivity contribution is 0.101. The van der Waals surface area contributed by atoms with Crippen molar-refractivity contribution in [2.24, 2.45) is 0 Å². The Kier molecular flexibility index (Phi) is 5.11. The maximum Gasteiger partial charge on any atom is 0.272 e. The Morgan fingerprint density at radius 3 is 2.15 bits per heavy atom. The number of anilines is 1. The largest absolute Gasteiger partial charge is 0.272 e. The minimum Gasteiger partial charge on any atom is -0.268 e. The summed E-state index contributed by atoms with van der Waals surface area (Å²) in [5, 5.41) is 0.358. The number of benzene rings is 3. The number of sulfonamides is 1. The van der Waals surface area contributed by atoms with Crippen molar-refractivity contribution in [1.29, 1.82) is 0 Å². The lowest BCUT2D eigenvalue weighted by Crippen LogP contribution is -2.37. The van der Waals surface area contributed by atoms with E-state index in [1.54, 1.807) is 54.6 Å². The number of hydrogen-bond donors (Lipinski definition) is 0. The average molecular weight is 386 g/mol. The van der Waals surface area contributed by atoms with Crippen LogP contribution in [0.3, 0.4) is 0 Å². The van der Waals surface area contributed by atoms with E-state index >= 15 is 0 Å². The molecule has 0 unspecified atom stereocenters. The molecule has 0 bridgehead atoms. The topological polar surface area (TPSA) is 54.5 Å². The second-order valence-corrected chi connectivity index (χ2v) is 7.96. The number of carbonyl (C=O) groups is 1. The molecule has 1 amide bonds. The van der Waals surface area contributed by atoms with Crippen LogP contribution in [-0.2, 0) is 10.0 Å². The average Bonchev–Trinajstić information content (AvgIpc) is 2.64. The predicted molar refractivity (Wildman–Crippen MR) is 103 cm³/mol. The number of aryl methyl sites for hydroxylation is 1. The van der Waals surface area contributed by atoms with Crippen LogP contribution < -0.4 is 4.31 Å². The van der Waals surface area contributed by atoms with Gasteiger partial charge < -0.3 is 0 Å². The third kappa shape index (κ3) is 3.64. The van der Waals surface area contributed by atoms with Crippen molar-refractivity contribution >= 4 is 33.2 Å². The highest BCUT2D eigenvalue weighted by molar-refractivity contribution is 7.93. The van der Waals surface area contributed by atoms with Crippen molar-refractivity contribution in [3.63, 3.8) is 0 Å². The highest BCUT2D eigenvalue weighted by Crippen LogP contribution is 2.27. The van der Waals surface area contributed by atoms with E-state index in [1.165, 1.54) is 24.3 Å². The SMILES string of the molecule is Cc1ccc(N(C(=O)c2cccc(Cl)c2)S(=O)(=O)c2ccccc2)cc1. The molecule has 0 aromatic heterocycles. The molecule has 0 N–H and O–H groups in total. The lowest BCUT2D eigenvalue weighted by Gasteiger charge is -2.23. The summed E-state index contributed by atoms with van der Waals surface area (Å²) in [6.45, 7) is 1.89. The number of carbonyl (C=O) groups excluding carboxylic acids is 1. The molecule has 132 valence electrons. The zero-order valence-corrected chi connectivity index (χ0v) is 15.5. The molecular weight excluding hydrogens is 370 g/mol. The van der Waals surface area contributed by atoms with Crippen molar-refractivity contribution < 1.29 is 13.2 Å². The highest BCUT2D eigenvalue weighted by atomic mass is 35.5. The quantitative estimate of drug-likeness (QED) is 0.655. The first-order valence-corrected chi connectivity index (χ1v) is 9.68. The molecule has 26 heavy (non-hydrogen) atoms. The fourth-order valence-corrected chi connectivity index (χ4v) is 4.11. The Bertz CT molecular complexity index is 1030. The standard InChI is InChI=1S/C20H16ClNO3S/c1-15-10-12-18(13-11-15)22(20(23)16-6-5-7-17(21)14-16)26(24,25)19-8-3-2-4-9-19/h2-14H,1H3. The van der Waals surface area contributed by atoms with Crippen molar-refractivity contribution in [1.82, 2.24) is 0 Å². The van der Waals surface area contributed by atoms with Crippen LogP contribution in [0.15, 0.2) is 83.8 Å². The number of amides is 1. The van der Waals surface area contributed by atoms with Gasteiger partial charge >= 0.3 is 0 Å². The Hall–Kier alpha value is -2.63. The Morgan fingerprint density at radius 2 is 1.54 bits per heavy atom. The van der Waals surface area contributed by atoms with Gasteiger partial charge in [-0.15, -0.1) is 0 Å². The Labute approximate surface area is 157 Å². The molecule has 0 aliphatic carbocycles. The third-order valence-corrected chi connectivity index (χ3v) is 5.77. The molecule has 0 spiro atoms. The van der Waals surface area contributed by atoms with Gasteiger partial charge in [0.2, 0.25) is 0 Å². The van der Waals surface area contributed by atoms with Gasteiger partial charge in [0, 0.05) is 10.6 Å². The molecule has 0 heterocycles. The minimum atomic E-state index is -4.09. The monoisotopic (exact) mass is 385 g/mol. The summed E-state index contributed by atoms with van der Waals surface area (Å²) < 4.78 is 27.2. The highest BCUT2D eigenvalue weighted by Gasteiger charge is 2.31. The summed E-state index contributed by atoms with van der Waals surface area (Å²) in [6.07, 6.45) is 0. The fourth-order valence-electron chi connectivity index (χ4n) is 2.48. The normalized spacial score (nSPS) is 11.2. The summed E-state index contributed by atoms with van der Waals surface area (Å²) in [6, 6.07) is 20.8.